The predicted molar refractivity (Wildman–Crippen MR) is 110 cm³/mol. The van der Waals surface area contributed by atoms with Crippen LogP contribution in [0.15, 0.2) is 48.8 Å². The SMILES string of the molecule is CN1CC[C@]2(C)c3cc(O)ccc3C[C@@H]1[C@@H]2N(C)C(=O)C=Cc1cccnc1. The summed E-state index contributed by atoms with van der Waals surface area (Å²) in [5.41, 5.74) is 3.18. The quantitative estimate of drug-likeness (QED) is 0.836. The molecular formula is C23H27N3O2. The molecule has 2 aromatic rings. The normalized spacial score (nSPS) is 26.8. The fraction of sp³-hybridized carbons (Fsp3) is 0.391. The molecule has 1 aliphatic carbocycles. The molecule has 3 atom stereocenters. The van der Waals surface area contributed by atoms with Crippen molar-refractivity contribution in [1.29, 1.82) is 0 Å². The Bertz CT molecular complexity index is 911. The Morgan fingerprint density at radius 3 is 2.96 bits per heavy atom. The van der Waals surface area contributed by atoms with Gasteiger partial charge in [-0.25, -0.2) is 0 Å². The maximum atomic E-state index is 13.0. The maximum Gasteiger partial charge on any atom is 0.246 e. The number of aromatic hydroxyl groups is 1. The molecule has 1 fully saturated rings. The summed E-state index contributed by atoms with van der Waals surface area (Å²) in [5, 5.41) is 10.1. The van der Waals surface area contributed by atoms with Gasteiger partial charge in [-0.2, -0.15) is 0 Å². The van der Waals surface area contributed by atoms with Crippen LogP contribution in [0.2, 0.25) is 0 Å². The molecular weight excluding hydrogens is 350 g/mol. The largest absolute Gasteiger partial charge is 0.508 e. The minimum atomic E-state index is -0.184. The second kappa shape index (κ2) is 7.06. The molecule has 0 spiro atoms. The summed E-state index contributed by atoms with van der Waals surface area (Å²) in [6, 6.07) is 9.80. The Morgan fingerprint density at radius 2 is 2.21 bits per heavy atom. The number of phenols is 1. The van der Waals surface area contributed by atoms with Crippen molar-refractivity contribution < 1.29 is 9.90 Å². The van der Waals surface area contributed by atoms with Crippen LogP contribution < -0.4 is 0 Å². The molecule has 2 bridgehead atoms. The van der Waals surface area contributed by atoms with Gasteiger partial charge in [0, 0.05) is 37.0 Å². The number of pyridine rings is 1. The number of amides is 1. The first-order valence-electron chi connectivity index (χ1n) is 9.77. The van der Waals surface area contributed by atoms with Crippen LogP contribution in [0.5, 0.6) is 5.75 Å². The van der Waals surface area contributed by atoms with E-state index in [0.29, 0.717) is 5.75 Å². The molecule has 1 saturated heterocycles. The number of benzene rings is 1. The molecule has 1 aromatic carbocycles. The number of hydrogen-bond acceptors (Lipinski definition) is 4. The lowest BCUT2D eigenvalue weighted by Gasteiger charge is -2.57. The van der Waals surface area contributed by atoms with E-state index in [1.54, 1.807) is 24.5 Å². The molecule has 0 radical (unpaired) electrons. The number of aromatic nitrogens is 1. The third kappa shape index (κ3) is 3.10. The lowest BCUT2D eigenvalue weighted by atomic mass is 9.61. The summed E-state index contributed by atoms with van der Waals surface area (Å²) in [7, 11) is 4.05. The van der Waals surface area contributed by atoms with Crippen LogP contribution in [0.4, 0.5) is 0 Å². The van der Waals surface area contributed by atoms with Crippen molar-refractivity contribution in [3.63, 3.8) is 0 Å². The summed E-state index contributed by atoms with van der Waals surface area (Å²) in [4.78, 5) is 21.4. The number of hydrogen-bond donors (Lipinski definition) is 1. The summed E-state index contributed by atoms with van der Waals surface area (Å²) in [6.45, 7) is 3.23. The highest BCUT2D eigenvalue weighted by atomic mass is 16.3. The summed E-state index contributed by atoms with van der Waals surface area (Å²) >= 11 is 0. The van der Waals surface area contributed by atoms with E-state index in [9.17, 15) is 9.90 Å². The monoisotopic (exact) mass is 377 g/mol. The van der Waals surface area contributed by atoms with Gasteiger partial charge in [-0.3, -0.25) is 9.78 Å². The van der Waals surface area contributed by atoms with E-state index in [0.717, 1.165) is 24.9 Å². The lowest BCUT2D eigenvalue weighted by Crippen LogP contribution is -2.67. The smallest absolute Gasteiger partial charge is 0.246 e. The summed E-state index contributed by atoms with van der Waals surface area (Å²) < 4.78 is 0. The van der Waals surface area contributed by atoms with Gasteiger partial charge in [0.2, 0.25) is 5.91 Å². The van der Waals surface area contributed by atoms with Gasteiger partial charge in [0.1, 0.15) is 5.75 Å². The fourth-order valence-electron chi connectivity index (χ4n) is 5.03. The number of phenolic OH excluding ortho intramolecular Hbond substituents is 1. The molecule has 1 N–H and O–H groups in total. The molecule has 0 saturated carbocycles. The molecule has 1 aliphatic heterocycles. The molecule has 2 heterocycles. The van der Waals surface area contributed by atoms with E-state index >= 15 is 0 Å². The zero-order valence-electron chi connectivity index (χ0n) is 16.7. The van der Waals surface area contributed by atoms with Crippen LogP contribution in [0.3, 0.4) is 0 Å². The molecule has 1 amide bonds. The van der Waals surface area contributed by atoms with Crippen LogP contribution in [-0.2, 0) is 16.6 Å². The summed E-state index contributed by atoms with van der Waals surface area (Å²) in [5.74, 6) is 0.283. The average molecular weight is 377 g/mol. The second-order valence-corrected chi connectivity index (χ2v) is 8.27. The number of nitrogens with zero attached hydrogens (tertiary/aromatic N) is 3. The van der Waals surface area contributed by atoms with Crippen molar-refractivity contribution in [3.8, 4) is 5.75 Å². The van der Waals surface area contributed by atoms with Gasteiger partial charge >= 0.3 is 0 Å². The van der Waals surface area contributed by atoms with E-state index in [4.69, 9.17) is 0 Å². The fourth-order valence-corrected chi connectivity index (χ4v) is 5.03. The summed E-state index contributed by atoms with van der Waals surface area (Å²) in [6.07, 6.45) is 8.75. The van der Waals surface area contributed by atoms with Crippen molar-refractivity contribution in [3.05, 3.63) is 65.5 Å². The molecule has 146 valence electrons. The third-order valence-electron chi connectivity index (χ3n) is 6.57. The first-order chi connectivity index (χ1) is 13.4. The van der Waals surface area contributed by atoms with Gasteiger partial charge in [-0.05, 0) is 67.4 Å². The van der Waals surface area contributed by atoms with Crippen molar-refractivity contribution >= 4 is 12.0 Å². The average Bonchev–Trinajstić information content (AvgIpc) is 2.70. The predicted octanol–water partition coefficient (Wildman–Crippen LogP) is 2.85. The molecule has 0 unspecified atom stereocenters. The highest BCUT2D eigenvalue weighted by molar-refractivity contribution is 5.92. The van der Waals surface area contributed by atoms with E-state index < -0.39 is 0 Å². The zero-order chi connectivity index (χ0) is 19.9. The number of carbonyl (C=O) groups excluding carboxylic acids is 1. The van der Waals surface area contributed by atoms with Crippen LogP contribution in [0.1, 0.15) is 30.0 Å². The van der Waals surface area contributed by atoms with Crippen LogP contribution >= 0.6 is 0 Å². The number of rotatable bonds is 3. The van der Waals surface area contributed by atoms with Gasteiger partial charge in [-0.1, -0.05) is 19.1 Å². The maximum absolute atomic E-state index is 13.0. The Hall–Kier alpha value is -2.66. The van der Waals surface area contributed by atoms with Crippen LogP contribution in [0, 0.1) is 0 Å². The Morgan fingerprint density at radius 1 is 1.39 bits per heavy atom. The van der Waals surface area contributed by atoms with Gasteiger partial charge < -0.3 is 14.9 Å². The van der Waals surface area contributed by atoms with Gasteiger partial charge in [-0.15, -0.1) is 0 Å². The number of piperidine rings is 1. The minimum absolute atomic E-state index is 0.0102. The number of likely N-dealkylation sites (N-methyl/N-ethyl adjacent to an activating group) is 2. The Kier molecular flexibility index (Phi) is 4.71. The Labute approximate surface area is 166 Å². The van der Waals surface area contributed by atoms with E-state index in [1.165, 1.54) is 11.1 Å². The van der Waals surface area contributed by atoms with Gasteiger partial charge in [0.25, 0.3) is 0 Å². The Balaban J connectivity index is 1.67. The second-order valence-electron chi connectivity index (χ2n) is 8.27. The van der Waals surface area contributed by atoms with Crippen LogP contribution in [0.25, 0.3) is 6.08 Å². The number of likely N-dealkylation sites (tertiary alicyclic amines) is 1. The van der Waals surface area contributed by atoms with E-state index in [-0.39, 0.29) is 23.4 Å². The molecule has 1 aromatic heterocycles. The zero-order valence-corrected chi connectivity index (χ0v) is 16.7. The first-order valence-corrected chi connectivity index (χ1v) is 9.77. The molecule has 2 aliphatic rings. The molecule has 4 rings (SSSR count). The van der Waals surface area contributed by atoms with Crippen LogP contribution in [-0.4, -0.2) is 58.5 Å². The van der Waals surface area contributed by atoms with Crippen molar-refractivity contribution in [1.82, 2.24) is 14.8 Å². The number of fused-ring (bicyclic) bond motifs is 4. The third-order valence-corrected chi connectivity index (χ3v) is 6.57. The molecule has 5 heteroatoms. The first kappa shape index (κ1) is 18.7. The molecule has 28 heavy (non-hydrogen) atoms. The lowest BCUT2D eigenvalue weighted by molar-refractivity contribution is -0.132. The van der Waals surface area contributed by atoms with Crippen molar-refractivity contribution in [2.75, 3.05) is 20.6 Å². The van der Waals surface area contributed by atoms with Gasteiger partial charge in [0.15, 0.2) is 0 Å². The van der Waals surface area contributed by atoms with Crippen molar-refractivity contribution in [2.45, 2.75) is 37.3 Å². The minimum Gasteiger partial charge on any atom is -0.508 e. The highest BCUT2D eigenvalue weighted by Gasteiger charge is 2.52. The number of carbonyl (C=O) groups is 1. The van der Waals surface area contributed by atoms with Gasteiger partial charge in [0.05, 0.1) is 6.04 Å². The van der Waals surface area contributed by atoms with E-state index in [2.05, 4.69) is 23.9 Å². The highest BCUT2D eigenvalue weighted by Crippen LogP contribution is 2.47. The van der Waals surface area contributed by atoms with E-state index in [1.807, 2.05) is 42.3 Å². The topological polar surface area (TPSA) is 56.7 Å². The van der Waals surface area contributed by atoms with Crippen molar-refractivity contribution in [2.24, 2.45) is 0 Å². The standard InChI is InChI=1S/C23H27N3O2/c1-23-10-12-25(2)20(13-17-7-8-18(27)14-19(17)23)22(23)26(3)21(28)9-6-16-5-4-11-24-15-16/h4-9,11,14-15,20,22,27H,10,12-13H2,1-3H3/t20-,22+,23-/m1/s1. The molecule has 5 nitrogen and oxygen atoms in total.